The molecule has 2 aromatic rings. The van der Waals surface area contributed by atoms with Gasteiger partial charge in [-0.15, -0.1) is 12.4 Å². The molecule has 0 aliphatic carbocycles. The highest BCUT2D eigenvalue weighted by Crippen LogP contribution is 2.25. The molecule has 22 heavy (non-hydrogen) atoms. The quantitative estimate of drug-likeness (QED) is 0.902. The fraction of sp³-hybridized carbons (Fsp3) is 0.278. The summed E-state index contributed by atoms with van der Waals surface area (Å²) in [6, 6.07) is 12.3. The first-order valence-corrected chi connectivity index (χ1v) is 7.34. The highest BCUT2D eigenvalue weighted by atomic mass is 35.5. The van der Waals surface area contributed by atoms with Crippen molar-refractivity contribution in [1.29, 1.82) is 0 Å². The first-order valence-electron chi connectivity index (χ1n) is 7.34. The average Bonchev–Trinajstić information content (AvgIpc) is 2.90. The van der Waals surface area contributed by atoms with E-state index in [-0.39, 0.29) is 18.3 Å². The Labute approximate surface area is 137 Å². The molecule has 0 atom stereocenters. The van der Waals surface area contributed by atoms with Crippen LogP contribution >= 0.6 is 12.4 Å². The van der Waals surface area contributed by atoms with Crippen molar-refractivity contribution >= 4 is 29.7 Å². The molecule has 1 amide bonds. The van der Waals surface area contributed by atoms with Gasteiger partial charge in [-0.3, -0.25) is 4.79 Å². The van der Waals surface area contributed by atoms with Crippen molar-refractivity contribution in [1.82, 2.24) is 0 Å². The Morgan fingerprint density at radius 1 is 1.18 bits per heavy atom. The number of hydrogen-bond acceptors (Lipinski definition) is 2. The predicted molar refractivity (Wildman–Crippen MR) is 94.1 cm³/mol. The van der Waals surface area contributed by atoms with E-state index in [0.717, 1.165) is 29.8 Å². The summed E-state index contributed by atoms with van der Waals surface area (Å²) in [5, 5.41) is 6.32. The van der Waals surface area contributed by atoms with Gasteiger partial charge in [-0.2, -0.15) is 0 Å². The third-order valence-electron chi connectivity index (χ3n) is 3.95. The zero-order chi connectivity index (χ0) is 14.8. The van der Waals surface area contributed by atoms with Gasteiger partial charge in [-0.05, 0) is 55.2 Å². The molecule has 0 radical (unpaired) electrons. The normalized spacial score (nSPS) is 12.1. The van der Waals surface area contributed by atoms with Gasteiger partial charge in [0, 0.05) is 17.9 Å². The molecule has 0 bridgehead atoms. The van der Waals surface area contributed by atoms with E-state index in [4.69, 9.17) is 0 Å². The number of hydrogen-bond donors (Lipinski definition) is 2. The molecular weight excluding hydrogens is 296 g/mol. The number of rotatable bonds is 3. The maximum atomic E-state index is 12.2. The Morgan fingerprint density at radius 3 is 2.82 bits per heavy atom. The number of benzene rings is 2. The van der Waals surface area contributed by atoms with Gasteiger partial charge in [-0.1, -0.05) is 23.8 Å². The molecule has 0 saturated heterocycles. The zero-order valence-corrected chi connectivity index (χ0v) is 13.7. The minimum Gasteiger partial charge on any atom is -0.384 e. The van der Waals surface area contributed by atoms with Crippen LogP contribution in [0.4, 0.5) is 11.4 Å². The van der Waals surface area contributed by atoms with Crippen LogP contribution in [0, 0.1) is 13.8 Å². The number of carbonyl (C=O) groups excluding carboxylic acids is 1. The first-order chi connectivity index (χ1) is 10.1. The van der Waals surface area contributed by atoms with E-state index in [9.17, 15) is 4.79 Å². The predicted octanol–water partition coefficient (Wildman–Crippen LogP) is 3.87. The van der Waals surface area contributed by atoms with E-state index in [0.29, 0.717) is 6.42 Å². The molecule has 0 saturated carbocycles. The molecule has 3 rings (SSSR count). The average molecular weight is 317 g/mol. The van der Waals surface area contributed by atoms with E-state index >= 15 is 0 Å². The summed E-state index contributed by atoms with van der Waals surface area (Å²) in [5.74, 6) is 0.0367. The van der Waals surface area contributed by atoms with E-state index in [2.05, 4.69) is 34.9 Å². The van der Waals surface area contributed by atoms with Gasteiger partial charge in [0.15, 0.2) is 0 Å². The summed E-state index contributed by atoms with van der Waals surface area (Å²) < 4.78 is 0. The highest BCUT2D eigenvalue weighted by molar-refractivity contribution is 5.92. The van der Waals surface area contributed by atoms with Gasteiger partial charge in [0.05, 0.1) is 6.42 Å². The summed E-state index contributed by atoms with van der Waals surface area (Å²) in [7, 11) is 0. The van der Waals surface area contributed by atoms with Crippen LogP contribution in [0.15, 0.2) is 36.4 Å². The summed E-state index contributed by atoms with van der Waals surface area (Å²) >= 11 is 0. The SMILES string of the molecule is Cc1ccc(C)c(CC(=O)Nc2ccc3c(c2)CCN3)c1.Cl. The molecule has 116 valence electrons. The van der Waals surface area contributed by atoms with E-state index in [1.807, 2.05) is 26.0 Å². The van der Waals surface area contributed by atoms with Crippen LogP contribution in [0.2, 0.25) is 0 Å². The molecule has 4 heteroatoms. The Hall–Kier alpha value is -2.00. The first kappa shape index (κ1) is 16.4. The Bertz CT molecular complexity index is 697. The minimum atomic E-state index is 0. The van der Waals surface area contributed by atoms with Crippen molar-refractivity contribution in [3.8, 4) is 0 Å². The highest BCUT2D eigenvalue weighted by Gasteiger charge is 2.12. The van der Waals surface area contributed by atoms with Crippen LogP contribution < -0.4 is 10.6 Å². The van der Waals surface area contributed by atoms with Crippen LogP contribution in [0.25, 0.3) is 0 Å². The fourth-order valence-corrected chi connectivity index (χ4v) is 2.75. The maximum Gasteiger partial charge on any atom is 0.228 e. The summed E-state index contributed by atoms with van der Waals surface area (Å²) in [4.78, 5) is 12.2. The van der Waals surface area contributed by atoms with E-state index in [1.165, 1.54) is 16.8 Å². The number of amides is 1. The van der Waals surface area contributed by atoms with Gasteiger partial charge in [0.25, 0.3) is 0 Å². The number of fused-ring (bicyclic) bond motifs is 1. The Morgan fingerprint density at radius 2 is 2.00 bits per heavy atom. The lowest BCUT2D eigenvalue weighted by molar-refractivity contribution is -0.115. The van der Waals surface area contributed by atoms with Crippen LogP contribution in [0.5, 0.6) is 0 Å². The van der Waals surface area contributed by atoms with Gasteiger partial charge < -0.3 is 10.6 Å². The molecule has 2 aromatic carbocycles. The van der Waals surface area contributed by atoms with Crippen LogP contribution in [0.1, 0.15) is 22.3 Å². The van der Waals surface area contributed by atoms with Gasteiger partial charge in [0.2, 0.25) is 5.91 Å². The standard InChI is InChI=1S/C18H20N2O.ClH/c1-12-3-4-13(2)15(9-12)11-18(21)20-16-5-6-17-14(10-16)7-8-19-17;/h3-6,9-10,19H,7-8,11H2,1-2H3,(H,20,21);1H. The molecule has 0 fully saturated rings. The topological polar surface area (TPSA) is 41.1 Å². The minimum absolute atomic E-state index is 0. The van der Waals surface area contributed by atoms with Crippen LogP contribution in [-0.2, 0) is 17.6 Å². The van der Waals surface area contributed by atoms with E-state index < -0.39 is 0 Å². The molecule has 2 N–H and O–H groups in total. The summed E-state index contributed by atoms with van der Waals surface area (Å²) in [6.07, 6.45) is 1.44. The Kier molecular flexibility index (Phi) is 5.09. The molecule has 0 aromatic heterocycles. The number of nitrogens with one attached hydrogen (secondary N) is 2. The van der Waals surface area contributed by atoms with Crippen molar-refractivity contribution in [2.24, 2.45) is 0 Å². The monoisotopic (exact) mass is 316 g/mol. The third kappa shape index (κ3) is 3.60. The molecule has 1 heterocycles. The van der Waals surface area contributed by atoms with Crippen molar-refractivity contribution in [2.75, 3.05) is 17.2 Å². The number of halogens is 1. The van der Waals surface area contributed by atoms with Gasteiger partial charge in [0.1, 0.15) is 0 Å². The second-order valence-corrected chi connectivity index (χ2v) is 5.70. The largest absolute Gasteiger partial charge is 0.384 e. The summed E-state index contributed by atoms with van der Waals surface area (Å²) in [5.41, 5.74) is 6.78. The third-order valence-corrected chi connectivity index (χ3v) is 3.95. The van der Waals surface area contributed by atoms with Gasteiger partial charge >= 0.3 is 0 Å². The maximum absolute atomic E-state index is 12.2. The van der Waals surface area contributed by atoms with Crippen molar-refractivity contribution < 1.29 is 4.79 Å². The second kappa shape index (κ2) is 6.84. The molecule has 3 nitrogen and oxygen atoms in total. The lowest BCUT2D eigenvalue weighted by atomic mass is 10.0. The van der Waals surface area contributed by atoms with Crippen molar-refractivity contribution in [3.63, 3.8) is 0 Å². The lowest BCUT2D eigenvalue weighted by Crippen LogP contribution is -2.15. The molecule has 0 unspecified atom stereocenters. The van der Waals surface area contributed by atoms with E-state index in [1.54, 1.807) is 0 Å². The molecule has 1 aliphatic rings. The molecular formula is C18H21ClN2O. The Balaban J connectivity index is 0.00000176. The zero-order valence-electron chi connectivity index (χ0n) is 12.9. The fourth-order valence-electron chi connectivity index (χ4n) is 2.75. The summed E-state index contributed by atoms with van der Waals surface area (Å²) in [6.45, 7) is 5.08. The molecule has 1 aliphatic heterocycles. The van der Waals surface area contributed by atoms with Crippen molar-refractivity contribution in [3.05, 3.63) is 58.7 Å². The van der Waals surface area contributed by atoms with Gasteiger partial charge in [-0.25, -0.2) is 0 Å². The van der Waals surface area contributed by atoms with Crippen molar-refractivity contribution in [2.45, 2.75) is 26.7 Å². The van der Waals surface area contributed by atoms with Crippen LogP contribution in [-0.4, -0.2) is 12.5 Å². The lowest BCUT2D eigenvalue weighted by Gasteiger charge is -2.09. The number of aryl methyl sites for hydroxylation is 2. The number of anilines is 2. The molecule has 0 spiro atoms. The number of carbonyl (C=O) groups is 1. The smallest absolute Gasteiger partial charge is 0.228 e. The second-order valence-electron chi connectivity index (χ2n) is 5.70. The van der Waals surface area contributed by atoms with Crippen LogP contribution in [0.3, 0.4) is 0 Å².